The second kappa shape index (κ2) is 5.11. The molecule has 106 valence electrons. The summed E-state index contributed by atoms with van der Waals surface area (Å²) < 4.78 is 13.3. The van der Waals surface area contributed by atoms with E-state index in [9.17, 15) is 0 Å². The fraction of sp³-hybridized carbons (Fsp3) is 0.500. The zero-order valence-corrected chi connectivity index (χ0v) is 12.0. The van der Waals surface area contributed by atoms with Crippen molar-refractivity contribution in [3.63, 3.8) is 0 Å². The van der Waals surface area contributed by atoms with E-state index in [1.165, 1.54) is 5.56 Å². The van der Waals surface area contributed by atoms with Crippen molar-refractivity contribution < 1.29 is 9.47 Å². The van der Waals surface area contributed by atoms with Gasteiger partial charge >= 0.3 is 0 Å². The molecule has 0 N–H and O–H groups in total. The van der Waals surface area contributed by atoms with Crippen LogP contribution in [0.15, 0.2) is 12.1 Å². The predicted molar refractivity (Wildman–Crippen MR) is 73.1 cm³/mol. The number of nitrogens with zero attached hydrogens (tertiary/aromatic N) is 4. The van der Waals surface area contributed by atoms with Crippen molar-refractivity contribution in [2.75, 3.05) is 6.61 Å². The van der Waals surface area contributed by atoms with Gasteiger partial charge in [0.05, 0.1) is 13.2 Å². The molecule has 2 aromatic rings. The van der Waals surface area contributed by atoms with Crippen LogP contribution < -0.4 is 9.47 Å². The predicted octanol–water partition coefficient (Wildman–Crippen LogP) is 1.75. The Hall–Kier alpha value is -2.11. The molecule has 0 spiro atoms. The average Bonchev–Trinajstić information content (AvgIpc) is 2.96. The van der Waals surface area contributed by atoms with Gasteiger partial charge in [-0.3, -0.25) is 0 Å². The van der Waals surface area contributed by atoms with Gasteiger partial charge < -0.3 is 9.47 Å². The second-order valence-electron chi connectivity index (χ2n) is 5.02. The highest BCUT2D eigenvalue weighted by atomic mass is 16.5. The number of rotatable bonds is 4. The quantitative estimate of drug-likeness (QED) is 0.850. The van der Waals surface area contributed by atoms with Gasteiger partial charge in [0.15, 0.2) is 0 Å². The lowest BCUT2D eigenvalue weighted by molar-refractivity contribution is 0.254. The molecule has 0 aliphatic carbocycles. The van der Waals surface area contributed by atoms with Crippen LogP contribution in [0, 0.1) is 6.92 Å². The van der Waals surface area contributed by atoms with E-state index >= 15 is 0 Å². The van der Waals surface area contributed by atoms with Crippen LogP contribution in [0.4, 0.5) is 0 Å². The molecule has 1 atom stereocenters. The first-order valence-electron chi connectivity index (χ1n) is 6.85. The highest BCUT2D eigenvalue weighted by molar-refractivity contribution is 5.48. The molecule has 1 aromatic heterocycles. The van der Waals surface area contributed by atoms with Gasteiger partial charge in [0, 0.05) is 17.5 Å². The first-order chi connectivity index (χ1) is 9.67. The topological polar surface area (TPSA) is 62.1 Å². The van der Waals surface area contributed by atoms with Gasteiger partial charge in [0.2, 0.25) is 0 Å². The molecule has 6 nitrogen and oxygen atoms in total. The van der Waals surface area contributed by atoms with Crippen LogP contribution in [0.1, 0.15) is 30.8 Å². The number of aryl methyl sites for hydroxylation is 1. The third-order valence-corrected chi connectivity index (χ3v) is 3.41. The van der Waals surface area contributed by atoms with Crippen LogP contribution in [0.3, 0.4) is 0 Å². The minimum absolute atomic E-state index is 0.226. The standard InChI is InChI=1S/C14H18N4O2/c1-4-19-13-6-11-5-9(2)20-14(11)7-12(13)8-18-10(3)15-16-17-18/h6-7,9H,4-5,8H2,1-3H3/t9-/m0/s1. The molecule has 1 aliphatic rings. The fourth-order valence-electron chi connectivity index (χ4n) is 2.45. The summed E-state index contributed by atoms with van der Waals surface area (Å²) in [7, 11) is 0. The van der Waals surface area contributed by atoms with Crippen LogP contribution in [0.2, 0.25) is 0 Å². The smallest absolute Gasteiger partial charge is 0.148 e. The lowest BCUT2D eigenvalue weighted by Crippen LogP contribution is -2.07. The summed E-state index contributed by atoms with van der Waals surface area (Å²) in [5.41, 5.74) is 2.24. The van der Waals surface area contributed by atoms with Crippen molar-refractivity contribution in [3.05, 3.63) is 29.1 Å². The van der Waals surface area contributed by atoms with E-state index in [0.29, 0.717) is 13.2 Å². The van der Waals surface area contributed by atoms with Gasteiger partial charge in [-0.2, -0.15) is 0 Å². The Bertz CT molecular complexity index is 624. The summed E-state index contributed by atoms with van der Waals surface area (Å²) in [6.07, 6.45) is 1.16. The lowest BCUT2D eigenvalue weighted by Gasteiger charge is -2.12. The Morgan fingerprint density at radius 1 is 1.45 bits per heavy atom. The van der Waals surface area contributed by atoms with Gasteiger partial charge in [-0.05, 0) is 43.3 Å². The Kier molecular flexibility index (Phi) is 3.30. The van der Waals surface area contributed by atoms with Crippen molar-refractivity contribution in [2.45, 2.75) is 39.8 Å². The number of aromatic nitrogens is 4. The van der Waals surface area contributed by atoms with E-state index < -0.39 is 0 Å². The van der Waals surface area contributed by atoms with E-state index in [0.717, 1.165) is 29.3 Å². The number of benzene rings is 1. The molecular weight excluding hydrogens is 256 g/mol. The molecule has 0 amide bonds. The summed E-state index contributed by atoms with van der Waals surface area (Å²) in [6.45, 7) is 7.16. The normalized spacial score (nSPS) is 16.9. The van der Waals surface area contributed by atoms with Crippen molar-refractivity contribution in [1.82, 2.24) is 20.2 Å². The fourth-order valence-corrected chi connectivity index (χ4v) is 2.45. The van der Waals surface area contributed by atoms with Crippen molar-refractivity contribution >= 4 is 0 Å². The maximum atomic E-state index is 5.81. The minimum Gasteiger partial charge on any atom is -0.494 e. The number of tetrazole rings is 1. The maximum Gasteiger partial charge on any atom is 0.148 e. The molecule has 0 unspecified atom stereocenters. The van der Waals surface area contributed by atoms with Crippen LogP contribution in [0.5, 0.6) is 11.5 Å². The third kappa shape index (κ3) is 2.33. The van der Waals surface area contributed by atoms with E-state index in [1.807, 2.05) is 19.9 Å². The van der Waals surface area contributed by atoms with Crippen LogP contribution in [0.25, 0.3) is 0 Å². The van der Waals surface area contributed by atoms with E-state index in [-0.39, 0.29) is 6.10 Å². The van der Waals surface area contributed by atoms with Crippen molar-refractivity contribution in [2.24, 2.45) is 0 Å². The van der Waals surface area contributed by atoms with Crippen molar-refractivity contribution in [3.8, 4) is 11.5 Å². The van der Waals surface area contributed by atoms with Gasteiger partial charge in [0.1, 0.15) is 23.4 Å². The third-order valence-electron chi connectivity index (χ3n) is 3.41. The minimum atomic E-state index is 0.226. The zero-order valence-electron chi connectivity index (χ0n) is 12.0. The first-order valence-corrected chi connectivity index (χ1v) is 6.85. The molecule has 0 fully saturated rings. The Labute approximate surface area is 117 Å². The summed E-state index contributed by atoms with van der Waals surface area (Å²) in [4.78, 5) is 0. The Morgan fingerprint density at radius 3 is 3.00 bits per heavy atom. The molecule has 0 radical (unpaired) electrons. The first kappa shape index (κ1) is 12.9. The second-order valence-corrected chi connectivity index (χ2v) is 5.02. The molecular formula is C14H18N4O2. The molecule has 0 saturated heterocycles. The van der Waals surface area contributed by atoms with Crippen molar-refractivity contribution in [1.29, 1.82) is 0 Å². The molecule has 2 heterocycles. The highest BCUT2D eigenvalue weighted by Gasteiger charge is 2.22. The van der Waals surface area contributed by atoms with Gasteiger partial charge in [-0.15, -0.1) is 5.10 Å². The molecule has 0 saturated carbocycles. The summed E-state index contributed by atoms with van der Waals surface area (Å²) in [6, 6.07) is 4.13. The number of hydrogen-bond acceptors (Lipinski definition) is 5. The van der Waals surface area contributed by atoms with Gasteiger partial charge in [0.25, 0.3) is 0 Å². The lowest BCUT2D eigenvalue weighted by atomic mass is 10.1. The van der Waals surface area contributed by atoms with E-state index in [1.54, 1.807) is 4.68 Å². The molecule has 20 heavy (non-hydrogen) atoms. The number of hydrogen-bond donors (Lipinski definition) is 0. The summed E-state index contributed by atoms with van der Waals surface area (Å²) in [5.74, 6) is 2.61. The monoisotopic (exact) mass is 274 g/mol. The van der Waals surface area contributed by atoms with Crippen LogP contribution >= 0.6 is 0 Å². The maximum absolute atomic E-state index is 5.81. The number of ether oxygens (including phenoxy) is 2. The summed E-state index contributed by atoms with van der Waals surface area (Å²) in [5, 5.41) is 11.6. The number of fused-ring (bicyclic) bond motifs is 1. The molecule has 1 aromatic carbocycles. The zero-order chi connectivity index (χ0) is 14.1. The Balaban J connectivity index is 1.96. The molecule has 6 heteroatoms. The highest BCUT2D eigenvalue weighted by Crippen LogP contribution is 2.35. The summed E-state index contributed by atoms with van der Waals surface area (Å²) >= 11 is 0. The SMILES string of the molecule is CCOc1cc2c(cc1Cn1nnnc1C)O[C@@H](C)C2. The van der Waals surface area contributed by atoms with Gasteiger partial charge in [-0.1, -0.05) is 0 Å². The Morgan fingerprint density at radius 2 is 2.30 bits per heavy atom. The van der Waals surface area contributed by atoms with E-state index in [2.05, 4.69) is 28.5 Å². The van der Waals surface area contributed by atoms with E-state index in [4.69, 9.17) is 9.47 Å². The molecule has 3 rings (SSSR count). The largest absolute Gasteiger partial charge is 0.494 e. The van der Waals surface area contributed by atoms with Crippen LogP contribution in [-0.2, 0) is 13.0 Å². The van der Waals surface area contributed by atoms with Crippen LogP contribution in [-0.4, -0.2) is 32.9 Å². The average molecular weight is 274 g/mol. The molecule has 0 bridgehead atoms. The van der Waals surface area contributed by atoms with Gasteiger partial charge in [-0.25, -0.2) is 4.68 Å². The molecule has 1 aliphatic heterocycles.